The van der Waals surface area contributed by atoms with Gasteiger partial charge < -0.3 is 0 Å². The molecule has 5 nitrogen and oxygen atoms in total. The number of pyridine rings is 1. The summed E-state index contributed by atoms with van der Waals surface area (Å²) in [5.74, 6) is -0.102. The zero-order valence-corrected chi connectivity index (χ0v) is 11.2. The van der Waals surface area contributed by atoms with Crippen LogP contribution in [-0.4, -0.2) is 20.9 Å². The second-order valence-electron chi connectivity index (χ2n) is 4.38. The van der Waals surface area contributed by atoms with Crippen LogP contribution < -0.4 is 5.32 Å². The van der Waals surface area contributed by atoms with Crippen LogP contribution in [0.4, 0.5) is 5.95 Å². The molecule has 1 amide bonds. The minimum Gasteiger partial charge on any atom is -0.291 e. The van der Waals surface area contributed by atoms with E-state index >= 15 is 0 Å². The number of aromatic nitrogens is 3. The molecule has 5 heteroatoms. The fourth-order valence-corrected chi connectivity index (χ4v) is 1.95. The molecular weight excluding hydrogens is 264 g/mol. The maximum absolute atomic E-state index is 11.3. The Balaban J connectivity index is 1.99. The first-order valence-electron chi connectivity index (χ1n) is 6.38. The van der Waals surface area contributed by atoms with E-state index in [1.54, 1.807) is 18.5 Å². The van der Waals surface area contributed by atoms with Gasteiger partial charge in [-0.2, -0.15) is 0 Å². The van der Waals surface area contributed by atoms with Crippen molar-refractivity contribution in [2.24, 2.45) is 0 Å². The highest BCUT2D eigenvalue weighted by Gasteiger charge is 2.05. The summed E-state index contributed by atoms with van der Waals surface area (Å²) in [6, 6.07) is 11.6. The van der Waals surface area contributed by atoms with Crippen molar-refractivity contribution < 1.29 is 4.79 Å². The van der Waals surface area contributed by atoms with Crippen LogP contribution in [0.15, 0.2) is 61.4 Å². The highest BCUT2D eigenvalue weighted by atomic mass is 16.1. The lowest BCUT2D eigenvalue weighted by Gasteiger charge is -2.05. The molecular formula is C16H12N4O. The third-order valence-corrected chi connectivity index (χ3v) is 2.96. The number of hydrogen-bond donors (Lipinski definition) is 1. The van der Waals surface area contributed by atoms with Gasteiger partial charge in [-0.1, -0.05) is 24.8 Å². The molecule has 3 aromatic rings. The number of carbonyl (C=O) groups excluding carboxylic acids is 1. The molecule has 21 heavy (non-hydrogen) atoms. The Kier molecular flexibility index (Phi) is 3.39. The van der Waals surface area contributed by atoms with Crippen molar-refractivity contribution in [1.82, 2.24) is 15.0 Å². The molecule has 0 aliphatic rings. The van der Waals surface area contributed by atoms with Gasteiger partial charge in [-0.05, 0) is 24.3 Å². The van der Waals surface area contributed by atoms with E-state index in [1.807, 2.05) is 30.3 Å². The van der Waals surface area contributed by atoms with Gasteiger partial charge in [0.2, 0.25) is 11.9 Å². The first-order chi connectivity index (χ1) is 10.3. The second kappa shape index (κ2) is 5.50. The summed E-state index contributed by atoms with van der Waals surface area (Å²) in [5.41, 5.74) is 2.49. The molecule has 1 N–H and O–H groups in total. The van der Waals surface area contributed by atoms with Crippen LogP contribution in [0.3, 0.4) is 0 Å². The second-order valence-corrected chi connectivity index (χ2v) is 4.38. The van der Waals surface area contributed by atoms with Gasteiger partial charge >= 0.3 is 0 Å². The number of hydrogen-bond acceptors (Lipinski definition) is 4. The maximum atomic E-state index is 11.3. The van der Waals surface area contributed by atoms with Crippen LogP contribution in [0.25, 0.3) is 22.2 Å². The van der Waals surface area contributed by atoms with E-state index in [1.165, 1.54) is 6.08 Å². The fourth-order valence-electron chi connectivity index (χ4n) is 1.95. The zero-order valence-electron chi connectivity index (χ0n) is 11.2. The topological polar surface area (TPSA) is 67.8 Å². The Labute approximate surface area is 121 Å². The average molecular weight is 276 g/mol. The van der Waals surface area contributed by atoms with Crippen LogP contribution in [0, 0.1) is 0 Å². The van der Waals surface area contributed by atoms with Crippen molar-refractivity contribution in [3.63, 3.8) is 0 Å². The fraction of sp³-hybridized carbons (Fsp3) is 0. The Hall–Kier alpha value is -3.08. The Morgan fingerprint density at radius 3 is 2.90 bits per heavy atom. The summed E-state index contributed by atoms with van der Waals surface area (Å²) in [7, 11) is 0. The Morgan fingerprint density at radius 1 is 1.19 bits per heavy atom. The molecule has 3 rings (SSSR count). The predicted molar refractivity (Wildman–Crippen MR) is 81.6 cm³/mol. The number of para-hydroxylation sites is 1. The summed E-state index contributed by atoms with van der Waals surface area (Å²) in [6.07, 6.45) is 4.52. The van der Waals surface area contributed by atoms with Crippen molar-refractivity contribution in [1.29, 1.82) is 0 Å². The van der Waals surface area contributed by atoms with Crippen molar-refractivity contribution in [3.05, 3.63) is 61.4 Å². The van der Waals surface area contributed by atoms with Crippen LogP contribution in [0.2, 0.25) is 0 Å². The lowest BCUT2D eigenvalue weighted by atomic mass is 10.1. The Morgan fingerprint density at radius 2 is 2.05 bits per heavy atom. The summed E-state index contributed by atoms with van der Waals surface area (Å²) in [4.78, 5) is 24.0. The maximum Gasteiger partial charge on any atom is 0.250 e. The standard InChI is InChI=1S/C16H12N4O/c1-2-15(21)20-16-17-8-7-14(19-16)12-9-11-5-3-4-6-13(11)18-10-12/h2-10H,1H2,(H,17,19,20,21). The number of rotatable bonds is 3. The number of carbonyl (C=O) groups is 1. The SMILES string of the molecule is C=CC(=O)Nc1nccc(-c2cnc3ccccc3c2)n1. The van der Waals surface area contributed by atoms with E-state index in [0.29, 0.717) is 5.69 Å². The van der Waals surface area contributed by atoms with Crippen LogP contribution >= 0.6 is 0 Å². The lowest BCUT2D eigenvalue weighted by molar-refractivity contribution is -0.111. The molecule has 1 aromatic carbocycles. The molecule has 0 fully saturated rings. The summed E-state index contributed by atoms with van der Waals surface area (Å²) in [5, 5.41) is 3.57. The lowest BCUT2D eigenvalue weighted by Crippen LogP contribution is -2.10. The quantitative estimate of drug-likeness (QED) is 0.747. The molecule has 2 aromatic heterocycles. The van der Waals surface area contributed by atoms with Gasteiger partial charge in [0.15, 0.2) is 0 Å². The van der Waals surface area contributed by atoms with Gasteiger partial charge in [-0.15, -0.1) is 0 Å². The van der Waals surface area contributed by atoms with E-state index in [-0.39, 0.29) is 11.9 Å². The van der Waals surface area contributed by atoms with Crippen molar-refractivity contribution >= 4 is 22.8 Å². The number of amides is 1. The summed E-state index contributed by atoms with van der Waals surface area (Å²) in [6.45, 7) is 3.39. The third-order valence-electron chi connectivity index (χ3n) is 2.96. The van der Waals surface area contributed by atoms with Crippen molar-refractivity contribution in [2.75, 3.05) is 5.32 Å². The van der Waals surface area contributed by atoms with Crippen LogP contribution in [-0.2, 0) is 4.79 Å². The molecule has 0 aliphatic carbocycles. The van der Waals surface area contributed by atoms with Crippen molar-refractivity contribution in [3.8, 4) is 11.3 Å². The van der Waals surface area contributed by atoms with Gasteiger partial charge in [-0.25, -0.2) is 9.97 Å². The summed E-state index contributed by atoms with van der Waals surface area (Å²) >= 11 is 0. The van der Waals surface area contributed by atoms with E-state index in [0.717, 1.165) is 16.5 Å². The van der Waals surface area contributed by atoms with Crippen molar-refractivity contribution in [2.45, 2.75) is 0 Å². The molecule has 0 radical (unpaired) electrons. The normalized spacial score (nSPS) is 10.3. The number of anilines is 1. The van der Waals surface area contributed by atoms with E-state index in [9.17, 15) is 4.79 Å². The highest BCUT2D eigenvalue weighted by Crippen LogP contribution is 2.21. The minimum atomic E-state index is -0.344. The number of nitrogens with zero attached hydrogens (tertiary/aromatic N) is 3. The molecule has 0 atom stereocenters. The van der Waals surface area contributed by atoms with Gasteiger partial charge in [-0.3, -0.25) is 15.1 Å². The van der Waals surface area contributed by atoms with E-state index in [4.69, 9.17) is 0 Å². The van der Waals surface area contributed by atoms with Crippen LogP contribution in [0.1, 0.15) is 0 Å². The first-order valence-corrected chi connectivity index (χ1v) is 6.38. The average Bonchev–Trinajstić information content (AvgIpc) is 2.54. The summed E-state index contributed by atoms with van der Waals surface area (Å²) < 4.78 is 0. The number of fused-ring (bicyclic) bond motifs is 1. The van der Waals surface area contributed by atoms with E-state index < -0.39 is 0 Å². The third kappa shape index (κ3) is 2.76. The smallest absolute Gasteiger partial charge is 0.250 e. The molecule has 0 spiro atoms. The zero-order chi connectivity index (χ0) is 14.7. The predicted octanol–water partition coefficient (Wildman–Crippen LogP) is 2.82. The van der Waals surface area contributed by atoms with Gasteiger partial charge in [0, 0.05) is 23.3 Å². The molecule has 0 saturated heterocycles. The molecule has 0 aliphatic heterocycles. The molecule has 0 unspecified atom stereocenters. The largest absolute Gasteiger partial charge is 0.291 e. The molecule has 0 bridgehead atoms. The molecule has 0 saturated carbocycles. The number of benzene rings is 1. The highest BCUT2D eigenvalue weighted by molar-refractivity contribution is 5.97. The van der Waals surface area contributed by atoms with Gasteiger partial charge in [0.05, 0.1) is 11.2 Å². The minimum absolute atomic E-state index is 0.241. The monoisotopic (exact) mass is 276 g/mol. The van der Waals surface area contributed by atoms with Crippen LogP contribution in [0.5, 0.6) is 0 Å². The van der Waals surface area contributed by atoms with Gasteiger partial charge in [0.1, 0.15) is 0 Å². The molecule has 2 heterocycles. The first kappa shape index (κ1) is 12.9. The van der Waals surface area contributed by atoms with Gasteiger partial charge in [0.25, 0.3) is 0 Å². The number of nitrogens with one attached hydrogen (secondary N) is 1. The van der Waals surface area contributed by atoms with E-state index in [2.05, 4.69) is 26.8 Å². The Bertz CT molecular complexity index is 829. The molecule has 102 valence electrons.